The number of benzene rings is 4. The second-order valence-corrected chi connectivity index (χ2v) is 43.9. The molecule has 0 saturated carbocycles. The number of rotatable bonds is 28. The van der Waals surface area contributed by atoms with Crippen LogP contribution in [0.15, 0.2) is 115 Å². The predicted octanol–water partition coefficient (Wildman–Crippen LogP) is 12.1. The first-order valence-corrected chi connectivity index (χ1v) is 45.0. The molecule has 2 fully saturated rings. The second kappa shape index (κ2) is 36.2. The molecule has 7 atom stereocenters. The van der Waals surface area contributed by atoms with E-state index in [4.69, 9.17) is 48.9 Å². The molecule has 5 aromatic rings. The molecule has 1 unspecified atom stereocenters. The lowest BCUT2D eigenvalue weighted by Gasteiger charge is -2.59. The lowest BCUT2D eigenvalue weighted by molar-refractivity contribution is -0.328. The zero-order chi connectivity index (χ0) is 83.1. The molecule has 4 aromatic carbocycles. The van der Waals surface area contributed by atoms with Crippen LogP contribution < -0.4 is 20.3 Å². The Labute approximate surface area is 672 Å². The van der Waals surface area contributed by atoms with Crippen LogP contribution in [0.3, 0.4) is 0 Å². The van der Waals surface area contributed by atoms with E-state index in [0.717, 1.165) is 50.0 Å². The van der Waals surface area contributed by atoms with Gasteiger partial charge in [0.25, 0.3) is 0 Å². The molecule has 616 valence electrons. The van der Waals surface area contributed by atoms with Crippen LogP contribution >= 0.6 is 11.6 Å². The maximum atomic E-state index is 15.1. The fourth-order valence-electron chi connectivity index (χ4n) is 14.5. The van der Waals surface area contributed by atoms with Gasteiger partial charge >= 0.3 is 18.2 Å². The normalized spacial score (nSPS) is 21.8. The van der Waals surface area contributed by atoms with Crippen molar-refractivity contribution in [3.63, 3.8) is 0 Å². The highest BCUT2D eigenvalue weighted by atomic mass is 35.5. The molecule has 5 heterocycles. The van der Waals surface area contributed by atoms with E-state index in [9.17, 15) is 38.7 Å². The average Bonchev–Trinajstić information content (AvgIpc) is 1.54. The maximum absolute atomic E-state index is 15.1. The van der Waals surface area contributed by atoms with Crippen molar-refractivity contribution in [3.05, 3.63) is 142 Å². The molecule has 10 rings (SSSR count). The number of aromatic nitrogens is 1. The van der Waals surface area contributed by atoms with E-state index in [1.807, 2.05) is 72.2 Å². The van der Waals surface area contributed by atoms with E-state index >= 15 is 4.79 Å². The molecule has 3 N–H and O–H groups in total. The van der Waals surface area contributed by atoms with Gasteiger partial charge in [0.15, 0.2) is 22.4 Å². The summed E-state index contributed by atoms with van der Waals surface area (Å²) in [4.78, 5) is 120. The summed E-state index contributed by atoms with van der Waals surface area (Å²) >= 11 is 6.95. The molecule has 4 aliphatic heterocycles. The summed E-state index contributed by atoms with van der Waals surface area (Å²) < 4.78 is 51.5. The van der Waals surface area contributed by atoms with Crippen LogP contribution in [0, 0.1) is 0 Å². The van der Waals surface area contributed by atoms with Crippen LogP contribution in [0.4, 0.5) is 15.3 Å². The van der Waals surface area contributed by atoms with Gasteiger partial charge in [0.05, 0.1) is 52.1 Å². The number of nitrogens with one attached hydrogen (secondary N) is 2. The van der Waals surface area contributed by atoms with Gasteiger partial charge in [-0.2, -0.15) is 0 Å². The summed E-state index contributed by atoms with van der Waals surface area (Å²) in [6.45, 7) is 27.6. The number of aliphatic hydroxyl groups is 1. The Hall–Kier alpha value is -8.46. The highest BCUT2D eigenvalue weighted by Gasteiger charge is 2.63. The van der Waals surface area contributed by atoms with Crippen LogP contribution in [-0.4, -0.2) is 235 Å². The van der Waals surface area contributed by atoms with Crippen LogP contribution in [0.1, 0.15) is 130 Å². The van der Waals surface area contributed by atoms with Crippen LogP contribution in [0.2, 0.25) is 41.3 Å². The Morgan fingerprint density at radius 1 is 0.796 bits per heavy atom. The number of hydrogen-bond acceptors (Lipinski definition) is 18. The number of methoxy groups -OCH3 is 2. The smallest absolute Gasteiger partial charge is 0.424 e. The lowest BCUT2D eigenvalue weighted by atomic mass is 9.72. The summed E-state index contributed by atoms with van der Waals surface area (Å²) in [5, 5.41) is 21.4. The number of likely N-dealkylation sites (N-methyl/N-ethyl adjacent to an activating group) is 1. The van der Waals surface area contributed by atoms with E-state index in [1.54, 1.807) is 64.3 Å². The summed E-state index contributed by atoms with van der Waals surface area (Å²) in [6, 6.07) is 28.4. The number of hydrogen-bond donors (Lipinski definition) is 3. The minimum absolute atomic E-state index is 0.000191. The quantitative estimate of drug-likeness (QED) is 0.0182. The van der Waals surface area contributed by atoms with Crippen molar-refractivity contribution >= 4 is 92.5 Å². The van der Waals surface area contributed by atoms with E-state index in [1.165, 1.54) is 52.8 Å². The van der Waals surface area contributed by atoms with Gasteiger partial charge in [-0.1, -0.05) is 144 Å². The van der Waals surface area contributed by atoms with Crippen molar-refractivity contribution in [2.24, 2.45) is 0 Å². The molecular weight excluding hydrogens is 1500 g/mol. The molecule has 1 aliphatic carbocycles. The van der Waals surface area contributed by atoms with Gasteiger partial charge in [-0.05, 0) is 128 Å². The minimum atomic E-state index is -2.39. The summed E-state index contributed by atoms with van der Waals surface area (Å²) in [5.41, 5.74) is 3.45. The van der Waals surface area contributed by atoms with Gasteiger partial charge in [0.2, 0.25) is 29.5 Å². The number of hydrazine groups is 1. The number of halogens is 1. The maximum Gasteiger partial charge on any atom is 0.424 e. The molecule has 113 heavy (non-hydrogen) atoms. The fourth-order valence-corrected chi connectivity index (χ4v) is 16.9. The lowest BCUT2D eigenvalue weighted by Crippen LogP contribution is -2.72. The number of ether oxygens (including phenoxy) is 6. The SMILES string of the molecule is COc1cc2cc(c1Cl)N(C)C(=O)C[C@H](OC(=O)[C@H](C)N(C)C(=O)CCN(CCO[Si](C)(C)C(C)(C)C)C(=O)CN(CCO[Si](C)(C)C(C)(C)C)C(=O)CNC(=O)CCn1c(CN(C)N(C)C(=O)OCC3c4ccccc4-c4ccccc43)cc3ccccc31)[C@@]1(C)CC(C)(O1)[C@@H]1C[C@@](O)(NC(=O)O1)[C@H](OC)/C=C/C=C(\C)C2. The molecule has 29 heteroatoms. The highest BCUT2D eigenvalue weighted by molar-refractivity contribution is 6.74. The van der Waals surface area contributed by atoms with Crippen molar-refractivity contribution in [1.29, 1.82) is 0 Å². The number of para-hydroxylation sites is 1. The highest BCUT2D eigenvalue weighted by Crippen LogP contribution is 2.51. The van der Waals surface area contributed by atoms with Gasteiger partial charge in [0, 0.05) is 104 Å². The van der Waals surface area contributed by atoms with Gasteiger partial charge in [-0.3, -0.25) is 29.3 Å². The number of alkyl carbamates (subject to hydrolysis) is 1. The Bertz CT molecular complexity index is 4330. The van der Waals surface area contributed by atoms with Crippen molar-refractivity contribution in [1.82, 2.24) is 39.9 Å². The fraction of sp³-hybridized carbons (Fsp3) is 0.548. The molecule has 2 saturated heterocycles. The van der Waals surface area contributed by atoms with Crippen molar-refractivity contribution in [2.75, 3.05) is 99.9 Å². The zero-order valence-corrected chi connectivity index (χ0v) is 72.3. The van der Waals surface area contributed by atoms with Crippen molar-refractivity contribution in [3.8, 4) is 16.9 Å². The molecular formula is C84H118ClN9O17Si2. The molecule has 7 amide bonds. The minimum Gasteiger partial charge on any atom is -0.495 e. The summed E-state index contributed by atoms with van der Waals surface area (Å²) in [5.74, 6) is -3.23. The van der Waals surface area contributed by atoms with Gasteiger partial charge < -0.3 is 71.9 Å². The molecule has 0 radical (unpaired) electrons. The Morgan fingerprint density at radius 3 is 2.01 bits per heavy atom. The van der Waals surface area contributed by atoms with E-state index in [0.29, 0.717) is 17.9 Å². The first-order valence-electron chi connectivity index (χ1n) is 38.8. The topological polar surface area (TPSA) is 279 Å². The molecule has 0 spiro atoms. The van der Waals surface area contributed by atoms with E-state index in [-0.39, 0.29) is 99.2 Å². The van der Waals surface area contributed by atoms with Gasteiger partial charge in [-0.15, -0.1) is 0 Å². The molecule has 26 nitrogen and oxygen atoms in total. The van der Waals surface area contributed by atoms with Crippen molar-refractivity contribution < 1.29 is 80.7 Å². The summed E-state index contributed by atoms with van der Waals surface area (Å²) in [7, 11) is 4.52. The number of carbonyl (C=O) groups excluding carboxylic acids is 8. The second-order valence-electron chi connectivity index (χ2n) is 33.9. The summed E-state index contributed by atoms with van der Waals surface area (Å²) in [6.07, 6.45) is -0.184. The van der Waals surface area contributed by atoms with E-state index < -0.39 is 125 Å². The van der Waals surface area contributed by atoms with Gasteiger partial charge in [0.1, 0.15) is 52.9 Å². The standard InChI is InChI=1S/C84H118ClN9O17Si2/c1-55-28-27-35-68(105-16)84(103)49-70(110-78(101)87-84)83(10)54-82(9,111-83)69(48-73(97)90(13)66-45-57(44-55)46-67(104-15)76(66)85)109-77(100)56(2)89(12)72(96)37-38-92(40-42-107-112(17,18)80(3,4)5)75(99)52-93(41-43-108-113(19,20)81(6,7)8)74(98)50-86-71(95)36-39-94-59(47-58-29-21-26-34-65(58)94)51-88(11)91(14)79(102)106-53-64-62-32-24-22-30-60(62)61-31-23-25-33-63(61)64/h21-35,45-47,56,64,68-70,103H,36-44,48-54H2,1-20H3,(H,86,95)(H,87,101)/b35-27+,55-28+/t56-,68+,69-,70-,82+,83?,84-/m0/s1. The van der Waals surface area contributed by atoms with Crippen LogP contribution in [0.5, 0.6) is 5.75 Å². The van der Waals surface area contributed by atoms with E-state index in [2.05, 4.69) is 103 Å². The third kappa shape index (κ3) is 20.8. The molecule has 1 aromatic heterocycles. The number of esters is 1. The van der Waals surface area contributed by atoms with Crippen LogP contribution in [0.25, 0.3) is 22.0 Å². The van der Waals surface area contributed by atoms with Crippen LogP contribution in [-0.2, 0) is 80.8 Å². The molecule has 5 aliphatic rings. The number of fused-ring (bicyclic) bond motifs is 10. The Morgan fingerprint density at radius 2 is 1.40 bits per heavy atom. The number of amides is 7. The molecule has 6 bridgehead atoms. The third-order valence-corrected chi connectivity index (χ3v) is 33.2. The first kappa shape index (κ1) is 88.5. The van der Waals surface area contributed by atoms with Gasteiger partial charge in [-0.25, -0.2) is 24.4 Å². The number of aryl methyl sites for hydroxylation is 1. The Balaban J connectivity index is 0.884. The monoisotopic (exact) mass is 1620 g/mol. The number of carbonyl (C=O) groups is 8. The largest absolute Gasteiger partial charge is 0.495 e. The number of anilines is 1. The number of nitrogens with zero attached hydrogens (tertiary/aromatic N) is 7. The van der Waals surface area contributed by atoms with Crippen molar-refractivity contribution in [2.45, 2.75) is 204 Å². The number of allylic oxidation sites excluding steroid dienone is 3. The third-order valence-electron chi connectivity index (χ3n) is 23.7. The zero-order valence-electron chi connectivity index (χ0n) is 69.6. The predicted molar refractivity (Wildman–Crippen MR) is 439 cm³/mol. The Kier molecular flexibility index (Phi) is 28.3. The first-order chi connectivity index (χ1) is 52.9. The average molecular weight is 1620 g/mol.